The number of hydrogen-bond donors (Lipinski definition) is 0. The van der Waals surface area contributed by atoms with Crippen molar-refractivity contribution in [2.75, 3.05) is 0 Å². The van der Waals surface area contributed by atoms with Crippen molar-refractivity contribution < 1.29 is 4.74 Å². The summed E-state index contributed by atoms with van der Waals surface area (Å²) in [7, 11) is 0. The van der Waals surface area contributed by atoms with Gasteiger partial charge in [-0.25, -0.2) is 9.97 Å². The highest BCUT2D eigenvalue weighted by molar-refractivity contribution is 5.75. The van der Waals surface area contributed by atoms with Crippen molar-refractivity contribution in [3.05, 3.63) is 65.9 Å². The SMILES string of the molecule is CC(C)(C)Oc1nc2ccccc2nc1C#Cc1ccccc1. The summed E-state index contributed by atoms with van der Waals surface area (Å²) in [5, 5.41) is 0. The molecule has 0 atom stereocenters. The molecule has 0 amide bonds. The molecule has 0 aliphatic heterocycles. The van der Waals surface area contributed by atoms with E-state index >= 15 is 0 Å². The van der Waals surface area contributed by atoms with Gasteiger partial charge in [0, 0.05) is 5.56 Å². The van der Waals surface area contributed by atoms with Crippen LogP contribution in [0.15, 0.2) is 54.6 Å². The molecule has 2 aromatic carbocycles. The van der Waals surface area contributed by atoms with E-state index in [1.165, 1.54) is 0 Å². The summed E-state index contributed by atoms with van der Waals surface area (Å²) in [5.41, 5.74) is 2.75. The standard InChI is InChI=1S/C20H18N2O/c1-20(2,3)23-19-18(14-13-15-9-5-4-6-10-15)21-16-11-7-8-12-17(16)22-19/h4-12H,1-3H3. The van der Waals surface area contributed by atoms with E-state index in [1.54, 1.807) is 0 Å². The molecule has 23 heavy (non-hydrogen) atoms. The molecule has 0 spiro atoms. The second-order valence-electron chi connectivity index (χ2n) is 6.20. The van der Waals surface area contributed by atoms with Crippen LogP contribution in [0.5, 0.6) is 5.88 Å². The summed E-state index contributed by atoms with van der Waals surface area (Å²) in [4.78, 5) is 9.20. The molecule has 0 saturated carbocycles. The van der Waals surface area contributed by atoms with Gasteiger partial charge in [0.1, 0.15) is 5.60 Å². The number of rotatable bonds is 1. The Morgan fingerprint density at radius 1 is 0.783 bits per heavy atom. The molecule has 3 nitrogen and oxygen atoms in total. The van der Waals surface area contributed by atoms with E-state index in [4.69, 9.17) is 4.74 Å². The Balaban J connectivity index is 2.09. The lowest BCUT2D eigenvalue weighted by Crippen LogP contribution is -2.24. The third-order valence-corrected chi connectivity index (χ3v) is 3.04. The van der Waals surface area contributed by atoms with Crippen LogP contribution in [0.2, 0.25) is 0 Å². The summed E-state index contributed by atoms with van der Waals surface area (Å²) in [6.07, 6.45) is 0. The minimum atomic E-state index is -0.361. The molecule has 3 aromatic rings. The number of aromatic nitrogens is 2. The fourth-order valence-electron chi connectivity index (χ4n) is 2.08. The molecule has 0 bridgehead atoms. The van der Waals surface area contributed by atoms with E-state index in [-0.39, 0.29) is 5.60 Å². The van der Waals surface area contributed by atoms with Crippen LogP contribution in [0.1, 0.15) is 32.0 Å². The number of para-hydroxylation sites is 2. The van der Waals surface area contributed by atoms with Gasteiger partial charge in [-0.1, -0.05) is 36.3 Å². The third kappa shape index (κ3) is 3.87. The Morgan fingerprint density at radius 3 is 2.04 bits per heavy atom. The highest BCUT2D eigenvalue weighted by Gasteiger charge is 2.17. The second kappa shape index (κ2) is 6.10. The molecular weight excluding hydrogens is 284 g/mol. The first-order chi connectivity index (χ1) is 11.0. The zero-order valence-electron chi connectivity index (χ0n) is 13.5. The summed E-state index contributed by atoms with van der Waals surface area (Å²) >= 11 is 0. The smallest absolute Gasteiger partial charge is 0.250 e. The number of benzene rings is 2. The van der Waals surface area contributed by atoms with Gasteiger partial charge in [0.05, 0.1) is 11.0 Å². The Bertz CT molecular complexity index is 884. The molecule has 1 heterocycles. The quantitative estimate of drug-likeness (QED) is 0.632. The van der Waals surface area contributed by atoms with E-state index in [0.29, 0.717) is 11.6 Å². The summed E-state index contributed by atoms with van der Waals surface area (Å²) in [6, 6.07) is 17.5. The largest absolute Gasteiger partial charge is 0.470 e. The molecule has 0 saturated heterocycles. The third-order valence-electron chi connectivity index (χ3n) is 3.04. The van der Waals surface area contributed by atoms with E-state index in [9.17, 15) is 0 Å². The van der Waals surface area contributed by atoms with Gasteiger partial charge in [-0.2, -0.15) is 0 Å². The van der Waals surface area contributed by atoms with Gasteiger partial charge >= 0.3 is 0 Å². The topological polar surface area (TPSA) is 35.0 Å². The van der Waals surface area contributed by atoms with Crippen molar-refractivity contribution >= 4 is 11.0 Å². The Labute approximate surface area is 136 Å². The first kappa shape index (κ1) is 15.1. The molecule has 1 aromatic heterocycles. The van der Waals surface area contributed by atoms with Gasteiger partial charge in [0.15, 0.2) is 5.69 Å². The number of ether oxygens (including phenoxy) is 1. The van der Waals surface area contributed by atoms with E-state index in [0.717, 1.165) is 16.6 Å². The van der Waals surface area contributed by atoms with Crippen LogP contribution in [0.4, 0.5) is 0 Å². The van der Waals surface area contributed by atoms with Crippen LogP contribution < -0.4 is 4.74 Å². The molecule has 0 N–H and O–H groups in total. The average molecular weight is 302 g/mol. The lowest BCUT2D eigenvalue weighted by atomic mass is 10.2. The maximum absolute atomic E-state index is 5.95. The van der Waals surface area contributed by atoms with E-state index in [1.807, 2.05) is 75.4 Å². The Hall–Kier alpha value is -2.86. The van der Waals surface area contributed by atoms with Crippen molar-refractivity contribution in [1.29, 1.82) is 0 Å². The Morgan fingerprint density at radius 2 is 1.39 bits per heavy atom. The highest BCUT2D eigenvalue weighted by atomic mass is 16.5. The van der Waals surface area contributed by atoms with Crippen LogP contribution in [0, 0.1) is 11.8 Å². The second-order valence-corrected chi connectivity index (χ2v) is 6.20. The molecule has 0 aliphatic carbocycles. The van der Waals surface area contributed by atoms with Crippen molar-refractivity contribution in [3.8, 4) is 17.7 Å². The molecule has 0 aliphatic rings. The molecule has 3 rings (SSSR count). The number of hydrogen-bond acceptors (Lipinski definition) is 3. The number of nitrogens with zero attached hydrogens (tertiary/aromatic N) is 2. The highest BCUT2D eigenvalue weighted by Crippen LogP contribution is 2.22. The lowest BCUT2D eigenvalue weighted by Gasteiger charge is -2.21. The van der Waals surface area contributed by atoms with Crippen LogP contribution in [-0.4, -0.2) is 15.6 Å². The van der Waals surface area contributed by atoms with Crippen molar-refractivity contribution in [3.63, 3.8) is 0 Å². The molecular formula is C20H18N2O. The average Bonchev–Trinajstić information content (AvgIpc) is 2.52. The lowest BCUT2D eigenvalue weighted by molar-refractivity contribution is 0.123. The first-order valence-electron chi connectivity index (χ1n) is 7.54. The van der Waals surface area contributed by atoms with E-state index in [2.05, 4.69) is 21.8 Å². The molecule has 0 radical (unpaired) electrons. The van der Waals surface area contributed by atoms with Gasteiger partial charge < -0.3 is 4.74 Å². The normalized spacial score (nSPS) is 10.9. The van der Waals surface area contributed by atoms with Crippen molar-refractivity contribution in [2.45, 2.75) is 26.4 Å². The maximum Gasteiger partial charge on any atom is 0.250 e. The minimum absolute atomic E-state index is 0.361. The zero-order valence-corrected chi connectivity index (χ0v) is 13.5. The number of fused-ring (bicyclic) bond motifs is 1. The fourth-order valence-corrected chi connectivity index (χ4v) is 2.08. The minimum Gasteiger partial charge on any atom is -0.470 e. The van der Waals surface area contributed by atoms with Gasteiger partial charge in [-0.3, -0.25) is 0 Å². The van der Waals surface area contributed by atoms with Gasteiger partial charge in [-0.05, 0) is 51.0 Å². The summed E-state index contributed by atoms with van der Waals surface area (Å²) in [6.45, 7) is 5.95. The van der Waals surface area contributed by atoms with Gasteiger partial charge in [0.25, 0.3) is 0 Å². The predicted octanol–water partition coefficient (Wildman–Crippen LogP) is 4.21. The predicted molar refractivity (Wildman–Crippen MR) is 92.3 cm³/mol. The van der Waals surface area contributed by atoms with E-state index < -0.39 is 0 Å². The van der Waals surface area contributed by atoms with Crippen LogP contribution in [-0.2, 0) is 0 Å². The molecule has 3 heteroatoms. The first-order valence-corrected chi connectivity index (χ1v) is 7.54. The maximum atomic E-state index is 5.95. The van der Waals surface area contributed by atoms with Crippen LogP contribution in [0.25, 0.3) is 11.0 Å². The van der Waals surface area contributed by atoms with Crippen molar-refractivity contribution in [2.24, 2.45) is 0 Å². The van der Waals surface area contributed by atoms with Crippen LogP contribution in [0.3, 0.4) is 0 Å². The summed E-state index contributed by atoms with van der Waals surface area (Å²) < 4.78 is 5.95. The summed E-state index contributed by atoms with van der Waals surface area (Å²) in [5.74, 6) is 6.69. The monoisotopic (exact) mass is 302 g/mol. The molecule has 0 unspecified atom stereocenters. The van der Waals surface area contributed by atoms with Gasteiger partial charge in [-0.15, -0.1) is 0 Å². The van der Waals surface area contributed by atoms with Crippen molar-refractivity contribution in [1.82, 2.24) is 9.97 Å². The van der Waals surface area contributed by atoms with Gasteiger partial charge in [0.2, 0.25) is 5.88 Å². The Kier molecular flexibility index (Phi) is 3.99. The fraction of sp³-hybridized carbons (Fsp3) is 0.200. The zero-order chi connectivity index (χ0) is 16.3. The molecule has 114 valence electrons. The van der Waals surface area contributed by atoms with Crippen LogP contribution >= 0.6 is 0 Å². The molecule has 0 fully saturated rings.